The van der Waals surface area contributed by atoms with Crippen molar-refractivity contribution >= 4 is 11.3 Å². The maximum absolute atomic E-state index is 4.67. The Bertz CT molecular complexity index is 977. The lowest BCUT2D eigenvalue weighted by Gasteiger charge is -2.21. The van der Waals surface area contributed by atoms with Gasteiger partial charge in [0.15, 0.2) is 0 Å². The van der Waals surface area contributed by atoms with Gasteiger partial charge in [-0.3, -0.25) is 4.98 Å². The Morgan fingerprint density at radius 1 is 1.07 bits per heavy atom. The van der Waals surface area contributed by atoms with Crippen LogP contribution < -0.4 is 5.32 Å². The van der Waals surface area contributed by atoms with E-state index in [2.05, 4.69) is 63.4 Å². The van der Waals surface area contributed by atoms with E-state index < -0.39 is 0 Å². The van der Waals surface area contributed by atoms with Gasteiger partial charge in [-0.2, -0.15) is 16.4 Å². The van der Waals surface area contributed by atoms with E-state index in [-0.39, 0.29) is 6.04 Å². The molecule has 0 spiro atoms. The highest BCUT2D eigenvalue weighted by molar-refractivity contribution is 7.07. The minimum Gasteiger partial charge on any atom is -0.304 e. The molecule has 0 fully saturated rings. The number of aromatic nitrogens is 3. The second-order valence-corrected chi connectivity index (χ2v) is 7.33. The number of aryl methyl sites for hydroxylation is 1. The predicted octanol–water partition coefficient (Wildman–Crippen LogP) is 4.71. The third-order valence-corrected chi connectivity index (χ3v) is 5.41. The molecule has 136 valence electrons. The Balaban J connectivity index is 1.59. The molecule has 0 radical (unpaired) electrons. The SMILES string of the molecule is Cc1cccnc1[C@H](Cc1ccsc1)NCc1ccccc1-n1cccn1. The van der Waals surface area contributed by atoms with E-state index in [1.165, 1.54) is 16.7 Å². The fraction of sp³-hybridized carbons (Fsp3) is 0.182. The number of hydrogen-bond acceptors (Lipinski definition) is 4. The van der Waals surface area contributed by atoms with Gasteiger partial charge in [-0.25, -0.2) is 4.68 Å². The van der Waals surface area contributed by atoms with Crippen LogP contribution in [0.3, 0.4) is 0 Å². The number of para-hydroxylation sites is 1. The van der Waals surface area contributed by atoms with E-state index in [1.54, 1.807) is 17.5 Å². The number of nitrogens with one attached hydrogen (secondary N) is 1. The van der Waals surface area contributed by atoms with Crippen LogP contribution in [0.15, 0.2) is 77.9 Å². The largest absolute Gasteiger partial charge is 0.304 e. The molecule has 3 aromatic heterocycles. The van der Waals surface area contributed by atoms with Gasteiger partial charge in [-0.1, -0.05) is 24.3 Å². The highest BCUT2D eigenvalue weighted by atomic mass is 32.1. The number of hydrogen-bond donors (Lipinski definition) is 1. The van der Waals surface area contributed by atoms with Crippen LogP contribution in [-0.2, 0) is 13.0 Å². The molecule has 0 aliphatic rings. The van der Waals surface area contributed by atoms with Gasteiger partial charge in [0.05, 0.1) is 17.4 Å². The molecule has 1 aromatic carbocycles. The molecule has 0 amide bonds. The van der Waals surface area contributed by atoms with Crippen molar-refractivity contribution in [3.8, 4) is 5.69 Å². The molecule has 0 bridgehead atoms. The number of thiophene rings is 1. The summed E-state index contributed by atoms with van der Waals surface area (Å²) in [6.07, 6.45) is 6.58. The first kappa shape index (κ1) is 17.6. The normalized spacial score (nSPS) is 12.2. The van der Waals surface area contributed by atoms with Crippen LogP contribution in [0.5, 0.6) is 0 Å². The molecule has 0 saturated carbocycles. The highest BCUT2D eigenvalue weighted by Crippen LogP contribution is 2.22. The minimum atomic E-state index is 0.159. The van der Waals surface area contributed by atoms with Gasteiger partial charge in [0.25, 0.3) is 0 Å². The van der Waals surface area contributed by atoms with Crippen molar-refractivity contribution in [2.75, 3.05) is 0 Å². The van der Waals surface area contributed by atoms with Crippen molar-refractivity contribution in [1.29, 1.82) is 0 Å². The molecule has 4 aromatic rings. The lowest BCUT2D eigenvalue weighted by molar-refractivity contribution is 0.515. The predicted molar refractivity (Wildman–Crippen MR) is 110 cm³/mol. The Hall–Kier alpha value is -2.76. The molecule has 3 heterocycles. The summed E-state index contributed by atoms with van der Waals surface area (Å²) in [6.45, 7) is 2.88. The van der Waals surface area contributed by atoms with E-state index >= 15 is 0 Å². The second-order valence-electron chi connectivity index (χ2n) is 6.55. The summed E-state index contributed by atoms with van der Waals surface area (Å²) in [4.78, 5) is 4.67. The molecule has 1 atom stereocenters. The molecule has 1 N–H and O–H groups in total. The first-order chi connectivity index (χ1) is 13.3. The van der Waals surface area contributed by atoms with E-state index in [9.17, 15) is 0 Å². The average Bonchev–Trinajstić information content (AvgIpc) is 3.40. The molecule has 5 heteroatoms. The fourth-order valence-electron chi connectivity index (χ4n) is 3.30. The summed E-state index contributed by atoms with van der Waals surface area (Å²) in [5.74, 6) is 0. The standard InChI is InChI=1S/C22H22N4S/c1-17-6-4-10-23-22(17)20(14-18-9-13-27-16-18)24-15-19-7-2-3-8-21(19)26-12-5-11-25-26/h2-13,16,20,24H,14-15H2,1H3/t20-/m0/s1. The monoisotopic (exact) mass is 374 g/mol. The molecule has 0 saturated heterocycles. The summed E-state index contributed by atoms with van der Waals surface area (Å²) >= 11 is 1.74. The zero-order valence-electron chi connectivity index (χ0n) is 15.2. The molecular formula is C22H22N4S. The molecular weight excluding hydrogens is 352 g/mol. The third-order valence-electron chi connectivity index (χ3n) is 4.68. The first-order valence-electron chi connectivity index (χ1n) is 9.05. The molecule has 27 heavy (non-hydrogen) atoms. The summed E-state index contributed by atoms with van der Waals surface area (Å²) in [6, 6.07) is 16.8. The minimum absolute atomic E-state index is 0.159. The van der Waals surface area contributed by atoms with Crippen molar-refractivity contribution < 1.29 is 0 Å². The number of nitrogens with zero attached hydrogens (tertiary/aromatic N) is 3. The summed E-state index contributed by atoms with van der Waals surface area (Å²) in [5.41, 5.74) is 5.97. The topological polar surface area (TPSA) is 42.7 Å². The van der Waals surface area contributed by atoms with E-state index in [4.69, 9.17) is 0 Å². The quantitative estimate of drug-likeness (QED) is 0.509. The van der Waals surface area contributed by atoms with Crippen molar-refractivity contribution in [3.05, 3.63) is 100 Å². The summed E-state index contributed by atoms with van der Waals surface area (Å²) in [7, 11) is 0. The molecule has 0 unspecified atom stereocenters. The van der Waals surface area contributed by atoms with Gasteiger partial charge < -0.3 is 5.32 Å². The van der Waals surface area contributed by atoms with Gasteiger partial charge in [0.2, 0.25) is 0 Å². The Kier molecular flexibility index (Phi) is 5.42. The van der Waals surface area contributed by atoms with E-state index in [0.29, 0.717) is 0 Å². The summed E-state index contributed by atoms with van der Waals surface area (Å²) < 4.78 is 1.91. The maximum atomic E-state index is 4.67. The second kappa shape index (κ2) is 8.29. The molecule has 4 rings (SSSR count). The van der Waals surface area contributed by atoms with Crippen LogP contribution in [0.2, 0.25) is 0 Å². The highest BCUT2D eigenvalue weighted by Gasteiger charge is 2.17. The lowest BCUT2D eigenvalue weighted by atomic mass is 10.0. The van der Waals surface area contributed by atoms with E-state index in [1.807, 2.05) is 35.3 Å². The number of pyridine rings is 1. The van der Waals surface area contributed by atoms with E-state index in [0.717, 1.165) is 24.3 Å². The van der Waals surface area contributed by atoms with Crippen LogP contribution in [0.1, 0.15) is 28.4 Å². The van der Waals surface area contributed by atoms with Gasteiger partial charge >= 0.3 is 0 Å². The fourth-order valence-corrected chi connectivity index (χ4v) is 3.98. The van der Waals surface area contributed by atoms with Crippen molar-refractivity contribution in [2.24, 2.45) is 0 Å². The Morgan fingerprint density at radius 3 is 2.78 bits per heavy atom. The zero-order valence-corrected chi connectivity index (χ0v) is 16.1. The molecule has 0 aliphatic heterocycles. The van der Waals surface area contributed by atoms with Gasteiger partial charge in [0.1, 0.15) is 0 Å². The molecule has 0 aliphatic carbocycles. The van der Waals surface area contributed by atoms with Crippen LogP contribution in [0.25, 0.3) is 5.69 Å². The Labute approximate surface area is 163 Å². The average molecular weight is 375 g/mol. The smallest absolute Gasteiger partial charge is 0.0690 e. The zero-order chi connectivity index (χ0) is 18.5. The van der Waals surface area contributed by atoms with Crippen molar-refractivity contribution in [2.45, 2.75) is 25.9 Å². The van der Waals surface area contributed by atoms with Crippen LogP contribution >= 0.6 is 11.3 Å². The van der Waals surface area contributed by atoms with Gasteiger partial charge in [-0.15, -0.1) is 0 Å². The first-order valence-corrected chi connectivity index (χ1v) is 9.99. The van der Waals surface area contributed by atoms with Gasteiger partial charge in [0, 0.05) is 25.1 Å². The van der Waals surface area contributed by atoms with Crippen LogP contribution in [0, 0.1) is 6.92 Å². The summed E-state index contributed by atoms with van der Waals surface area (Å²) in [5, 5.41) is 12.5. The Morgan fingerprint density at radius 2 is 2.00 bits per heavy atom. The number of rotatable bonds is 7. The molecule has 4 nitrogen and oxygen atoms in total. The lowest BCUT2D eigenvalue weighted by Crippen LogP contribution is -2.25. The van der Waals surface area contributed by atoms with Crippen molar-refractivity contribution in [3.63, 3.8) is 0 Å². The maximum Gasteiger partial charge on any atom is 0.0690 e. The van der Waals surface area contributed by atoms with Crippen LogP contribution in [-0.4, -0.2) is 14.8 Å². The van der Waals surface area contributed by atoms with Crippen LogP contribution in [0.4, 0.5) is 0 Å². The number of benzene rings is 1. The van der Waals surface area contributed by atoms with Gasteiger partial charge in [-0.05, 0) is 65.1 Å². The third kappa shape index (κ3) is 4.15. The van der Waals surface area contributed by atoms with Crippen molar-refractivity contribution in [1.82, 2.24) is 20.1 Å².